The molecule has 20 heavy (non-hydrogen) atoms. The minimum Gasteiger partial charge on any atom is -0.461 e. The Bertz CT molecular complexity index is 504. The average molecular weight is 315 g/mol. The number of hydrogen-bond donors (Lipinski definition) is 1. The zero-order valence-electron chi connectivity index (χ0n) is 10.6. The fourth-order valence-electron chi connectivity index (χ4n) is 3.28. The molecule has 0 aromatic heterocycles. The minimum atomic E-state index is -4.34. The maximum atomic E-state index is 12.9. The highest BCUT2D eigenvalue weighted by atomic mass is 32.2. The van der Waals surface area contributed by atoms with Crippen LogP contribution in [0.5, 0.6) is 0 Å². The van der Waals surface area contributed by atoms with Crippen molar-refractivity contribution in [1.82, 2.24) is 0 Å². The molecule has 1 heterocycles. The number of halogens is 3. The number of sulfonamides is 1. The van der Waals surface area contributed by atoms with Crippen molar-refractivity contribution in [1.29, 1.82) is 0 Å². The average Bonchev–Trinajstić information content (AvgIpc) is 2.51. The van der Waals surface area contributed by atoms with Crippen molar-refractivity contribution >= 4 is 16.0 Å². The van der Waals surface area contributed by atoms with Crippen molar-refractivity contribution in [2.24, 2.45) is 16.5 Å². The molecule has 0 radical (unpaired) electrons. The van der Waals surface area contributed by atoms with Crippen LogP contribution in [0.1, 0.15) is 32.1 Å². The Hall–Kier alpha value is -0.830. The van der Waals surface area contributed by atoms with E-state index < -0.39 is 45.4 Å². The molecule has 9 heteroatoms. The summed E-state index contributed by atoms with van der Waals surface area (Å²) >= 11 is 0. The summed E-state index contributed by atoms with van der Waals surface area (Å²) in [6, 6.07) is 0. The van der Waals surface area contributed by atoms with Crippen LogP contribution in [0.3, 0.4) is 0 Å². The van der Waals surface area contributed by atoms with E-state index in [9.17, 15) is 26.4 Å². The summed E-state index contributed by atoms with van der Waals surface area (Å²) in [7, 11) is -3.92. The largest absolute Gasteiger partial charge is 0.461 e. The molecule has 1 aliphatic heterocycles. The third-order valence-electron chi connectivity index (χ3n) is 4.18. The van der Waals surface area contributed by atoms with E-state index in [1.54, 1.807) is 0 Å². The number of nitrogens with two attached hydrogens (primary N) is 1. The minimum absolute atomic E-state index is 0.00152. The number of carbonyl (C=O) groups excluding carboxylic acids is 1. The Morgan fingerprint density at radius 3 is 2.60 bits per heavy atom. The molecule has 3 atom stereocenters. The van der Waals surface area contributed by atoms with Crippen molar-refractivity contribution < 1.29 is 31.1 Å². The Morgan fingerprint density at radius 2 is 2.05 bits per heavy atom. The normalized spacial score (nSPS) is 35.3. The van der Waals surface area contributed by atoms with Crippen LogP contribution in [0.4, 0.5) is 13.2 Å². The van der Waals surface area contributed by atoms with Gasteiger partial charge in [0.05, 0.1) is 12.3 Å². The van der Waals surface area contributed by atoms with Gasteiger partial charge < -0.3 is 4.74 Å². The molecule has 0 bridgehead atoms. The molecule has 2 aliphatic rings. The van der Waals surface area contributed by atoms with E-state index >= 15 is 0 Å². The van der Waals surface area contributed by atoms with Gasteiger partial charge in [-0.05, 0) is 19.3 Å². The van der Waals surface area contributed by atoms with Crippen molar-refractivity contribution in [3.05, 3.63) is 0 Å². The van der Waals surface area contributed by atoms with Gasteiger partial charge in [0.2, 0.25) is 10.0 Å². The summed E-state index contributed by atoms with van der Waals surface area (Å²) in [5.74, 6) is -2.79. The van der Waals surface area contributed by atoms with Crippen LogP contribution >= 0.6 is 0 Å². The quantitative estimate of drug-likeness (QED) is 0.779. The van der Waals surface area contributed by atoms with Crippen LogP contribution in [-0.2, 0) is 19.6 Å². The molecule has 1 saturated carbocycles. The van der Waals surface area contributed by atoms with Gasteiger partial charge in [-0.3, -0.25) is 4.79 Å². The highest BCUT2D eigenvalue weighted by molar-refractivity contribution is 7.89. The number of primary sulfonamides is 1. The molecular formula is C11H16F3NO4S. The van der Waals surface area contributed by atoms with Crippen LogP contribution in [0.15, 0.2) is 0 Å². The topological polar surface area (TPSA) is 86.5 Å². The third-order valence-corrected chi connectivity index (χ3v) is 4.95. The summed E-state index contributed by atoms with van der Waals surface area (Å²) in [6.45, 7) is 0. The molecule has 3 unspecified atom stereocenters. The van der Waals surface area contributed by atoms with E-state index in [0.29, 0.717) is 12.8 Å². The van der Waals surface area contributed by atoms with Crippen LogP contribution in [0.2, 0.25) is 0 Å². The van der Waals surface area contributed by atoms with Gasteiger partial charge in [0, 0.05) is 5.41 Å². The lowest BCUT2D eigenvalue weighted by Gasteiger charge is -2.40. The van der Waals surface area contributed by atoms with Gasteiger partial charge in [-0.2, -0.15) is 13.2 Å². The molecule has 0 aromatic rings. The number of carbonyl (C=O) groups is 1. The van der Waals surface area contributed by atoms with E-state index in [2.05, 4.69) is 0 Å². The highest BCUT2D eigenvalue weighted by Gasteiger charge is 2.56. The lowest BCUT2D eigenvalue weighted by Crippen LogP contribution is -2.44. The number of alkyl halides is 3. The zero-order valence-corrected chi connectivity index (χ0v) is 11.5. The first-order valence-corrected chi connectivity index (χ1v) is 8.00. The second-order valence-electron chi connectivity index (χ2n) is 5.68. The van der Waals surface area contributed by atoms with Crippen LogP contribution < -0.4 is 5.14 Å². The third kappa shape index (κ3) is 3.25. The van der Waals surface area contributed by atoms with Gasteiger partial charge in [0.1, 0.15) is 11.9 Å². The Kier molecular flexibility index (Phi) is 3.79. The van der Waals surface area contributed by atoms with Crippen molar-refractivity contribution in [3.63, 3.8) is 0 Å². The van der Waals surface area contributed by atoms with Gasteiger partial charge in [-0.1, -0.05) is 6.42 Å². The highest BCUT2D eigenvalue weighted by Crippen LogP contribution is 2.53. The van der Waals surface area contributed by atoms with Crippen LogP contribution in [0, 0.1) is 11.3 Å². The zero-order chi connectivity index (χ0) is 15.2. The second-order valence-corrected chi connectivity index (χ2v) is 7.34. The number of cyclic esters (lactones) is 1. The molecule has 0 amide bonds. The monoisotopic (exact) mass is 315 g/mol. The summed E-state index contributed by atoms with van der Waals surface area (Å²) in [6.07, 6.45) is -5.21. The van der Waals surface area contributed by atoms with Crippen LogP contribution in [0.25, 0.3) is 0 Å². The maximum Gasteiger partial charge on any atom is 0.391 e. The molecule has 2 fully saturated rings. The predicted octanol–water partition coefficient (Wildman–Crippen LogP) is 1.33. The Labute approximate surface area is 114 Å². The van der Waals surface area contributed by atoms with E-state index in [0.717, 1.165) is 0 Å². The van der Waals surface area contributed by atoms with Gasteiger partial charge >= 0.3 is 12.1 Å². The molecule has 2 rings (SSSR count). The summed E-state index contributed by atoms with van der Waals surface area (Å²) < 4.78 is 65.9. The lowest BCUT2D eigenvalue weighted by molar-refractivity contribution is -0.194. The maximum absolute atomic E-state index is 12.9. The molecular weight excluding hydrogens is 299 g/mol. The molecule has 1 aliphatic carbocycles. The van der Waals surface area contributed by atoms with Gasteiger partial charge in [0.15, 0.2) is 0 Å². The SMILES string of the molecule is NS(=O)(=O)CC1OC(=O)CC12CCCC(C(F)(F)F)C2. The number of esters is 1. The first kappa shape index (κ1) is 15.6. The summed E-state index contributed by atoms with van der Waals surface area (Å²) in [5, 5.41) is 4.93. The molecule has 1 saturated heterocycles. The Balaban J connectivity index is 2.24. The van der Waals surface area contributed by atoms with E-state index in [1.165, 1.54) is 0 Å². The smallest absolute Gasteiger partial charge is 0.391 e. The molecule has 2 N–H and O–H groups in total. The van der Waals surface area contributed by atoms with E-state index in [4.69, 9.17) is 9.88 Å². The molecule has 116 valence electrons. The van der Waals surface area contributed by atoms with Crippen molar-refractivity contribution in [2.45, 2.75) is 44.4 Å². The van der Waals surface area contributed by atoms with E-state index in [-0.39, 0.29) is 19.3 Å². The molecule has 1 spiro atoms. The molecule has 0 aromatic carbocycles. The number of ether oxygens (including phenoxy) is 1. The number of hydrogen-bond acceptors (Lipinski definition) is 4. The Morgan fingerprint density at radius 1 is 1.40 bits per heavy atom. The summed E-state index contributed by atoms with van der Waals surface area (Å²) in [4.78, 5) is 11.4. The van der Waals surface area contributed by atoms with Gasteiger partial charge in [-0.25, -0.2) is 13.6 Å². The number of rotatable bonds is 2. The van der Waals surface area contributed by atoms with E-state index in [1.807, 2.05) is 0 Å². The first-order valence-electron chi connectivity index (χ1n) is 6.28. The van der Waals surface area contributed by atoms with Gasteiger partial charge in [-0.15, -0.1) is 0 Å². The standard InChI is InChI=1S/C11H16F3NO4S/c12-11(13,14)7-2-1-3-10(4-7)5-9(16)19-8(10)6-20(15,17)18/h7-8H,1-6H2,(H2,15,17,18). The summed E-state index contributed by atoms with van der Waals surface area (Å²) in [5.41, 5.74) is -1.05. The van der Waals surface area contributed by atoms with Crippen molar-refractivity contribution in [2.75, 3.05) is 5.75 Å². The van der Waals surface area contributed by atoms with Crippen molar-refractivity contribution in [3.8, 4) is 0 Å². The fourth-order valence-corrected chi connectivity index (χ4v) is 4.12. The van der Waals surface area contributed by atoms with Crippen LogP contribution in [-0.4, -0.2) is 32.4 Å². The second kappa shape index (κ2) is 4.87. The lowest BCUT2D eigenvalue weighted by atomic mass is 9.66. The molecule has 5 nitrogen and oxygen atoms in total. The first-order chi connectivity index (χ1) is 9.02. The predicted molar refractivity (Wildman–Crippen MR) is 62.9 cm³/mol. The van der Waals surface area contributed by atoms with Gasteiger partial charge in [0.25, 0.3) is 0 Å². The fraction of sp³-hybridized carbons (Fsp3) is 0.909.